The van der Waals surface area contributed by atoms with Gasteiger partial charge in [-0.05, 0) is 56.7 Å². The SMILES string of the molecule is C1=CC2Oc3ccccc3C2C(c2nc(-c3ccc(-c4ccccc4)cc3)nc(-c3ccc(-c4ccccc4)cc3)n2)=C1c1ccc(-c2ccccc2)cc1. The zero-order valence-corrected chi connectivity index (χ0v) is 30.0. The number of rotatable bonds is 7. The molecule has 0 amide bonds. The maximum Gasteiger partial charge on any atom is 0.164 e. The number of nitrogens with zero attached hydrogens (tertiary/aromatic N) is 3. The minimum Gasteiger partial charge on any atom is -0.485 e. The standard InChI is InChI=1S/C51H35N3O/c1-4-12-34(13-5-1)37-20-26-40(27-21-37)43-32-33-46-47(44-18-10-11-19-45(44)55-46)48(43)51-53-49(41-28-22-38(23-29-41)35-14-6-2-7-15-35)52-50(54-51)42-30-24-39(25-31-42)36-16-8-3-9-17-36/h1-33,46-47H. The quantitative estimate of drug-likeness (QED) is 0.166. The van der Waals surface area contributed by atoms with Crippen molar-refractivity contribution in [2.75, 3.05) is 0 Å². The summed E-state index contributed by atoms with van der Waals surface area (Å²) in [5.41, 5.74) is 13.1. The summed E-state index contributed by atoms with van der Waals surface area (Å²) in [5.74, 6) is 2.67. The molecule has 2 aliphatic rings. The van der Waals surface area contributed by atoms with Crippen LogP contribution < -0.4 is 4.74 Å². The lowest BCUT2D eigenvalue weighted by atomic mass is 9.79. The van der Waals surface area contributed by atoms with Crippen LogP contribution in [0, 0.1) is 0 Å². The normalized spacial score (nSPS) is 15.6. The summed E-state index contributed by atoms with van der Waals surface area (Å²) in [6.07, 6.45) is 4.19. The van der Waals surface area contributed by atoms with E-state index in [1.54, 1.807) is 0 Å². The second-order valence-electron chi connectivity index (χ2n) is 13.9. The highest BCUT2D eigenvalue weighted by molar-refractivity contribution is 5.99. The third-order valence-electron chi connectivity index (χ3n) is 10.6. The molecular formula is C51H35N3O. The van der Waals surface area contributed by atoms with Crippen LogP contribution in [0.4, 0.5) is 0 Å². The Bertz CT molecular complexity index is 2590. The molecule has 0 saturated heterocycles. The van der Waals surface area contributed by atoms with Crippen molar-refractivity contribution in [3.05, 3.63) is 217 Å². The molecule has 2 atom stereocenters. The van der Waals surface area contributed by atoms with E-state index in [2.05, 4.69) is 176 Å². The molecule has 0 spiro atoms. The summed E-state index contributed by atoms with van der Waals surface area (Å²) in [6, 6.07) is 65.5. The first-order valence-electron chi connectivity index (χ1n) is 18.7. The number of fused-ring (bicyclic) bond motifs is 3. The summed E-state index contributed by atoms with van der Waals surface area (Å²) in [5, 5.41) is 0. The average Bonchev–Trinajstić information content (AvgIpc) is 3.66. The number of aromatic nitrogens is 3. The molecule has 0 N–H and O–H groups in total. The molecule has 7 aromatic carbocycles. The van der Waals surface area contributed by atoms with Gasteiger partial charge in [-0.1, -0.05) is 188 Å². The van der Waals surface area contributed by atoms with Gasteiger partial charge in [0, 0.05) is 22.3 Å². The van der Waals surface area contributed by atoms with Gasteiger partial charge in [0.25, 0.3) is 0 Å². The largest absolute Gasteiger partial charge is 0.485 e. The van der Waals surface area contributed by atoms with Crippen molar-refractivity contribution in [2.45, 2.75) is 12.0 Å². The maximum atomic E-state index is 6.57. The summed E-state index contributed by atoms with van der Waals surface area (Å²) in [6.45, 7) is 0. The Morgan fingerprint density at radius 3 is 1.22 bits per heavy atom. The molecule has 2 unspecified atom stereocenters. The van der Waals surface area contributed by atoms with Gasteiger partial charge in [-0.2, -0.15) is 0 Å². The van der Waals surface area contributed by atoms with Gasteiger partial charge in [-0.15, -0.1) is 0 Å². The summed E-state index contributed by atoms with van der Waals surface area (Å²) in [7, 11) is 0. The Hall–Kier alpha value is -7.17. The van der Waals surface area contributed by atoms with Crippen LogP contribution in [0.25, 0.3) is 67.3 Å². The van der Waals surface area contributed by atoms with E-state index in [1.807, 2.05) is 24.3 Å². The second kappa shape index (κ2) is 14.0. The van der Waals surface area contributed by atoms with Crippen LogP contribution in [0.5, 0.6) is 5.75 Å². The zero-order valence-electron chi connectivity index (χ0n) is 30.0. The van der Waals surface area contributed by atoms with Crippen LogP contribution in [0.1, 0.15) is 22.9 Å². The predicted octanol–water partition coefficient (Wildman–Crippen LogP) is 12.2. The van der Waals surface area contributed by atoms with E-state index in [0.717, 1.165) is 61.4 Å². The first kappa shape index (κ1) is 32.5. The van der Waals surface area contributed by atoms with Gasteiger partial charge in [-0.25, -0.2) is 15.0 Å². The van der Waals surface area contributed by atoms with Gasteiger partial charge in [0.05, 0.1) is 5.92 Å². The Morgan fingerprint density at radius 2 is 0.727 bits per heavy atom. The molecule has 2 heterocycles. The third kappa shape index (κ3) is 6.24. The first-order valence-corrected chi connectivity index (χ1v) is 18.7. The maximum absolute atomic E-state index is 6.57. The van der Waals surface area contributed by atoms with E-state index in [1.165, 1.54) is 11.1 Å². The molecule has 8 aromatic rings. The average molecular weight is 706 g/mol. The zero-order chi connectivity index (χ0) is 36.6. The first-order chi connectivity index (χ1) is 27.2. The third-order valence-corrected chi connectivity index (χ3v) is 10.6. The molecule has 0 fully saturated rings. The highest BCUT2D eigenvalue weighted by Gasteiger charge is 2.40. The highest BCUT2D eigenvalue weighted by Crippen LogP contribution is 2.51. The predicted molar refractivity (Wildman–Crippen MR) is 223 cm³/mol. The molecule has 1 aromatic heterocycles. The second-order valence-corrected chi connectivity index (χ2v) is 13.9. The number of hydrogen-bond donors (Lipinski definition) is 0. The van der Waals surface area contributed by atoms with E-state index < -0.39 is 0 Å². The van der Waals surface area contributed by atoms with Gasteiger partial charge in [0.1, 0.15) is 11.9 Å². The van der Waals surface area contributed by atoms with E-state index in [4.69, 9.17) is 19.7 Å². The monoisotopic (exact) mass is 705 g/mol. The molecule has 4 nitrogen and oxygen atoms in total. The van der Waals surface area contributed by atoms with E-state index >= 15 is 0 Å². The number of ether oxygens (including phenoxy) is 1. The van der Waals surface area contributed by atoms with Crippen LogP contribution >= 0.6 is 0 Å². The van der Waals surface area contributed by atoms with Gasteiger partial charge in [0.15, 0.2) is 17.5 Å². The lowest BCUT2D eigenvalue weighted by molar-refractivity contribution is 0.271. The summed E-state index contributed by atoms with van der Waals surface area (Å²) < 4.78 is 6.57. The lowest BCUT2D eigenvalue weighted by Gasteiger charge is -2.26. The Labute approximate surface area is 320 Å². The molecule has 260 valence electrons. The van der Waals surface area contributed by atoms with E-state index in [0.29, 0.717) is 17.5 Å². The molecule has 4 heteroatoms. The molecular weight excluding hydrogens is 671 g/mol. The smallest absolute Gasteiger partial charge is 0.164 e. The molecule has 0 radical (unpaired) electrons. The number of para-hydroxylation sites is 1. The van der Waals surface area contributed by atoms with E-state index in [9.17, 15) is 0 Å². The molecule has 0 bridgehead atoms. The van der Waals surface area contributed by atoms with Crippen molar-refractivity contribution >= 4 is 11.1 Å². The Kier molecular flexibility index (Phi) is 8.27. The van der Waals surface area contributed by atoms with Gasteiger partial charge < -0.3 is 4.74 Å². The van der Waals surface area contributed by atoms with Crippen molar-refractivity contribution in [3.8, 4) is 61.9 Å². The topological polar surface area (TPSA) is 47.9 Å². The van der Waals surface area contributed by atoms with Crippen LogP contribution in [-0.2, 0) is 0 Å². The Balaban J connectivity index is 1.15. The minimum absolute atomic E-state index is 0.103. The number of hydrogen-bond acceptors (Lipinski definition) is 4. The van der Waals surface area contributed by atoms with Gasteiger partial charge >= 0.3 is 0 Å². The van der Waals surface area contributed by atoms with Crippen LogP contribution in [0.3, 0.4) is 0 Å². The van der Waals surface area contributed by atoms with Gasteiger partial charge in [0.2, 0.25) is 0 Å². The highest BCUT2D eigenvalue weighted by atomic mass is 16.5. The fraction of sp³-hybridized carbons (Fsp3) is 0.0392. The molecule has 1 aliphatic carbocycles. The molecule has 1 aliphatic heterocycles. The molecule has 10 rings (SSSR count). The van der Waals surface area contributed by atoms with Gasteiger partial charge in [-0.3, -0.25) is 0 Å². The number of allylic oxidation sites excluding steroid dienone is 2. The van der Waals surface area contributed by atoms with Crippen LogP contribution in [0.15, 0.2) is 200 Å². The summed E-state index contributed by atoms with van der Waals surface area (Å²) in [4.78, 5) is 15.8. The van der Waals surface area contributed by atoms with E-state index in [-0.39, 0.29) is 12.0 Å². The van der Waals surface area contributed by atoms with Crippen molar-refractivity contribution < 1.29 is 4.74 Å². The fourth-order valence-electron chi connectivity index (χ4n) is 7.78. The lowest BCUT2D eigenvalue weighted by Crippen LogP contribution is -2.22. The fourth-order valence-corrected chi connectivity index (χ4v) is 7.78. The van der Waals surface area contributed by atoms with Crippen LogP contribution in [-0.4, -0.2) is 21.1 Å². The van der Waals surface area contributed by atoms with Crippen molar-refractivity contribution in [3.63, 3.8) is 0 Å². The molecule has 55 heavy (non-hydrogen) atoms. The number of benzene rings is 7. The summed E-state index contributed by atoms with van der Waals surface area (Å²) >= 11 is 0. The molecule has 0 saturated carbocycles. The van der Waals surface area contributed by atoms with Crippen molar-refractivity contribution in [2.24, 2.45) is 0 Å². The minimum atomic E-state index is -0.182. The van der Waals surface area contributed by atoms with Crippen LogP contribution in [0.2, 0.25) is 0 Å². The Morgan fingerprint density at radius 1 is 0.345 bits per heavy atom. The van der Waals surface area contributed by atoms with Crippen molar-refractivity contribution in [1.29, 1.82) is 0 Å². The van der Waals surface area contributed by atoms with Crippen molar-refractivity contribution in [1.82, 2.24) is 15.0 Å².